The molecule has 0 saturated carbocycles. The molecule has 2 amide bonds. The Labute approximate surface area is 357 Å². The Morgan fingerprint density at radius 3 is 2.51 bits per heavy atom. The lowest BCUT2D eigenvalue weighted by molar-refractivity contribution is 0.0121. The standard InChI is InChI=1S/C48H57N7O6/c1-32-29-53(47(57)61-48(3,4)5)27-25-38(32)55-39-22-15-14-21-37(39)49-45(55)59-35-28-33(2)54(30-35)44-43-42(36-20-13-16-23-40(36)60-43)50-41(51-44)24-12-7-8-17-26-52(6)46(56)58-31-34-18-10-9-11-19-34/h9-16,18-24,32-33,35,38H,7-8,17,25-31H2,1-6H3/b24-12+/t32-,33+,35-,38-/m0/s1. The van der Waals surface area contributed by atoms with Gasteiger partial charge in [-0.3, -0.25) is 4.57 Å². The van der Waals surface area contributed by atoms with Crippen molar-refractivity contribution in [2.75, 3.05) is 38.1 Å². The molecule has 2 saturated heterocycles. The number of hydrogen-bond donors (Lipinski definition) is 0. The number of unbranched alkanes of at least 4 members (excludes halogenated alkanes) is 2. The van der Waals surface area contributed by atoms with Crippen LogP contribution < -0.4 is 9.64 Å². The molecule has 0 unspecified atom stereocenters. The number of allylic oxidation sites excluding steroid dienone is 1. The van der Waals surface area contributed by atoms with Crippen LogP contribution in [0.5, 0.6) is 6.01 Å². The van der Waals surface area contributed by atoms with Crippen molar-refractivity contribution in [1.29, 1.82) is 0 Å². The maximum Gasteiger partial charge on any atom is 0.410 e. The maximum atomic E-state index is 13.0. The topological polar surface area (TPSA) is 128 Å². The van der Waals surface area contributed by atoms with Gasteiger partial charge in [0.1, 0.15) is 29.4 Å². The summed E-state index contributed by atoms with van der Waals surface area (Å²) < 4.78 is 26.8. The highest BCUT2D eigenvalue weighted by Gasteiger charge is 2.38. The maximum absolute atomic E-state index is 13.0. The van der Waals surface area contributed by atoms with E-state index in [2.05, 4.69) is 35.5 Å². The van der Waals surface area contributed by atoms with Crippen LogP contribution in [-0.4, -0.2) is 92.5 Å². The Bertz CT molecular complexity index is 2510. The molecule has 13 nitrogen and oxygen atoms in total. The van der Waals surface area contributed by atoms with Crippen molar-refractivity contribution in [1.82, 2.24) is 29.3 Å². The highest BCUT2D eigenvalue weighted by Crippen LogP contribution is 2.39. The molecule has 5 heterocycles. The van der Waals surface area contributed by atoms with Crippen LogP contribution in [0, 0.1) is 5.92 Å². The Hall–Kier alpha value is -6.11. The number of ether oxygens (including phenoxy) is 3. The van der Waals surface area contributed by atoms with E-state index in [-0.39, 0.29) is 42.9 Å². The number of rotatable bonds is 12. The van der Waals surface area contributed by atoms with Crippen molar-refractivity contribution >= 4 is 57.2 Å². The molecule has 2 aliphatic heterocycles. The first-order chi connectivity index (χ1) is 29.4. The van der Waals surface area contributed by atoms with Crippen molar-refractivity contribution in [3.8, 4) is 6.01 Å². The van der Waals surface area contributed by atoms with E-state index in [1.165, 1.54) is 0 Å². The molecular weight excluding hydrogens is 771 g/mol. The molecule has 2 aliphatic rings. The smallest absolute Gasteiger partial charge is 0.410 e. The second-order valence-corrected chi connectivity index (χ2v) is 17.5. The van der Waals surface area contributed by atoms with Crippen LogP contribution in [0.1, 0.15) is 84.2 Å². The number of fused-ring (bicyclic) bond motifs is 4. The number of furan rings is 1. The minimum Gasteiger partial charge on any atom is -0.459 e. The molecule has 8 rings (SSSR count). The van der Waals surface area contributed by atoms with Crippen molar-refractivity contribution in [2.24, 2.45) is 5.92 Å². The molecule has 0 radical (unpaired) electrons. The van der Waals surface area contributed by atoms with E-state index in [0.29, 0.717) is 43.6 Å². The van der Waals surface area contributed by atoms with Gasteiger partial charge >= 0.3 is 12.2 Å². The number of aromatic nitrogens is 4. The molecule has 3 aromatic carbocycles. The molecule has 0 spiro atoms. The summed E-state index contributed by atoms with van der Waals surface area (Å²) in [4.78, 5) is 46.3. The number of hydrogen-bond acceptors (Lipinski definition) is 10. The predicted octanol–water partition coefficient (Wildman–Crippen LogP) is 10.0. The van der Waals surface area contributed by atoms with Crippen LogP contribution in [0.4, 0.5) is 15.4 Å². The minimum absolute atomic E-state index is 0.0877. The molecule has 2 fully saturated rings. The van der Waals surface area contributed by atoms with Gasteiger partial charge < -0.3 is 33.3 Å². The average Bonchev–Trinajstić information content (AvgIpc) is 3.92. The van der Waals surface area contributed by atoms with Gasteiger partial charge in [0.15, 0.2) is 17.2 Å². The van der Waals surface area contributed by atoms with E-state index < -0.39 is 5.60 Å². The third-order valence-electron chi connectivity index (χ3n) is 11.6. The third kappa shape index (κ3) is 9.45. The van der Waals surface area contributed by atoms with Gasteiger partial charge in [0.25, 0.3) is 6.01 Å². The Kier molecular flexibility index (Phi) is 12.2. The fourth-order valence-electron chi connectivity index (χ4n) is 8.53. The number of likely N-dealkylation sites (tertiary alicyclic amines) is 1. The molecular formula is C48H57N7O6. The van der Waals surface area contributed by atoms with Gasteiger partial charge in [-0.05, 0) is 95.2 Å². The van der Waals surface area contributed by atoms with E-state index in [1.54, 1.807) is 11.9 Å². The Morgan fingerprint density at radius 2 is 1.70 bits per heavy atom. The quantitative estimate of drug-likeness (QED) is 0.110. The van der Waals surface area contributed by atoms with E-state index >= 15 is 0 Å². The van der Waals surface area contributed by atoms with Crippen LogP contribution in [0.2, 0.25) is 0 Å². The predicted molar refractivity (Wildman–Crippen MR) is 238 cm³/mol. The Morgan fingerprint density at radius 1 is 0.934 bits per heavy atom. The molecule has 0 aliphatic carbocycles. The number of benzene rings is 3. The first kappa shape index (κ1) is 41.6. The summed E-state index contributed by atoms with van der Waals surface area (Å²) in [5.74, 6) is 1.50. The van der Waals surface area contributed by atoms with Gasteiger partial charge in [-0.25, -0.2) is 19.6 Å². The van der Waals surface area contributed by atoms with E-state index in [9.17, 15) is 9.59 Å². The zero-order valence-electron chi connectivity index (χ0n) is 36.1. The summed E-state index contributed by atoms with van der Waals surface area (Å²) in [6.45, 7) is 12.7. The number of piperidine rings is 1. The zero-order chi connectivity index (χ0) is 42.7. The molecule has 3 aromatic heterocycles. The number of amides is 2. The van der Waals surface area contributed by atoms with Gasteiger partial charge in [0.2, 0.25) is 0 Å². The lowest BCUT2D eigenvalue weighted by Crippen LogP contribution is -2.45. The molecule has 320 valence electrons. The number of carbonyl (C=O) groups is 2. The summed E-state index contributed by atoms with van der Waals surface area (Å²) in [5, 5.41) is 0.943. The number of imidazole rings is 1. The van der Waals surface area contributed by atoms with Crippen molar-refractivity contribution in [3.05, 3.63) is 96.3 Å². The normalized spacial score (nSPS) is 19.6. The lowest BCUT2D eigenvalue weighted by Gasteiger charge is -2.38. The average molecular weight is 828 g/mol. The van der Waals surface area contributed by atoms with Gasteiger partial charge in [0, 0.05) is 50.6 Å². The summed E-state index contributed by atoms with van der Waals surface area (Å²) in [7, 11) is 1.77. The first-order valence-corrected chi connectivity index (χ1v) is 21.6. The Balaban J connectivity index is 0.959. The number of nitrogens with zero attached hydrogens (tertiary/aromatic N) is 7. The largest absolute Gasteiger partial charge is 0.459 e. The second-order valence-electron chi connectivity index (χ2n) is 17.5. The lowest BCUT2D eigenvalue weighted by atomic mass is 9.93. The molecule has 6 aromatic rings. The highest BCUT2D eigenvalue weighted by molar-refractivity contribution is 6.06. The summed E-state index contributed by atoms with van der Waals surface area (Å²) in [6, 6.07) is 26.6. The van der Waals surface area contributed by atoms with E-state index in [1.807, 2.05) is 105 Å². The summed E-state index contributed by atoms with van der Waals surface area (Å²) in [5.41, 5.74) is 4.52. The van der Waals surface area contributed by atoms with Gasteiger partial charge in [0.05, 0.1) is 17.6 Å². The van der Waals surface area contributed by atoms with Crippen LogP contribution in [0.3, 0.4) is 0 Å². The monoisotopic (exact) mass is 827 g/mol. The van der Waals surface area contributed by atoms with Crippen LogP contribution >= 0.6 is 0 Å². The summed E-state index contributed by atoms with van der Waals surface area (Å²) in [6.07, 6.45) is 7.39. The zero-order valence-corrected chi connectivity index (χ0v) is 36.1. The van der Waals surface area contributed by atoms with Crippen LogP contribution in [0.15, 0.2) is 89.4 Å². The molecule has 4 atom stereocenters. The van der Waals surface area contributed by atoms with Crippen molar-refractivity contribution in [2.45, 2.75) is 97.1 Å². The van der Waals surface area contributed by atoms with Crippen molar-refractivity contribution < 1.29 is 28.2 Å². The number of para-hydroxylation sites is 3. The minimum atomic E-state index is -0.549. The fraction of sp³-hybridized carbons (Fsp3) is 0.438. The van der Waals surface area contributed by atoms with Gasteiger partial charge in [-0.15, -0.1) is 0 Å². The first-order valence-electron chi connectivity index (χ1n) is 21.6. The highest BCUT2D eigenvalue weighted by atomic mass is 16.6. The molecule has 0 bridgehead atoms. The van der Waals surface area contributed by atoms with Crippen molar-refractivity contribution in [3.63, 3.8) is 0 Å². The van der Waals surface area contributed by atoms with E-state index in [4.69, 9.17) is 33.6 Å². The fourth-order valence-corrected chi connectivity index (χ4v) is 8.53. The second kappa shape index (κ2) is 17.9. The SMILES string of the molecule is C[C@@H]1C[C@H](Oc2nc3ccccc3n2[C@H]2CCN(C(=O)OC(C)(C)C)C[C@@H]2C)CN1c1nc(/C=C/CCCCN(C)C(=O)OCc2ccccc2)nc2c1oc1ccccc12. The van der Waals surface area contributed by atoms with Gasteiger partial charge in [-0.1, -0.05) is 67.6 Å². The summed E-state index contributed by atoms with van der Waals surface area (Å²) >= 11 is 0. The third-order valence-corrected chi connectivity index (χ3v) is 11.6. The number of anilines is 1. The van der Waals surface area contributed by atoms with E-state index in [0.717, 1.165) is 71.0 Å². The van der Waals surface area contributed by atoms with Crippen LogP contribution in [0.25, 0.3) is 39.2 Å². The molecule has 61 heavy (non-hydrogen) atoms. The van der Waals surface area contributed by atoms with Crippen LogP contribution in [-0.2, 0) is 16.1 Å². The molecule has 0 N–H and O–H groups in total. The van der Waals surface area contributed by atoms with Gasteiger partial charge in [-0.2, -0.15) is 4.98 Å². The molecule has 13 heteroatoms. The number of carbonyl (C=O) groups excluding carboxylic acids is 2.